The fraction of sp³-hybridized carbons (Fsp3) is 0.107. The van der Waals surface area contributed by atoms with Gasteiger partial charge in [0.25, 0.3) is 15.9 Å². The van der Waals surface area contributed by atoms with Gasteiger partial charge in [0, 0.05) is 11.3 Å². The van der Waals surface area contributed by atoms with Crippen LogP contribution in [0.3, 0.4) is 0 Å². The maximum atomic E-state index is 13.2. The summed E-state index contributed by atoms with van der Waals surface area (Å²) in [5.41, 5.74) is 2.69. The number of nitrogens with zero attached hydrogens (tertiary/aromatic N) is 3. The van der Waals surface area contributed by atoms with E-state index in [0.717, 1.165) is 11.0 Å². The van der Waals surface area contributed by atoms with Crippen molar-refractivity contribution in [1.29, 1.82) is 0 Å². The van der Waals surface area contributed by atoms with Gasteiger partial charge >= 0.3 is 5.97 Å². The fourth-order valence-electron chi connectivity index (χ4n) is 3.97. The molecule has 0 bridgehead atoms. The smallest absolute Gasteiger partial charge is 0.339 e. The summed E-state index contributed by atoms with van der Waals surface area (Å²) in [6.07, 6.45) is -0.886. The summed E-state index contributed by atoms with van der Waals surface area (Å²) in [5, 5.41) is 10.1. The minimum atomic E-state index is -3.96. The van der Waals surface area contributed by atoms with E-state index < -0.39 is 28.0 Å². The van der Waals surface area contributed by atoms with Gasteiger partial charge in [0.2, 0.25) is 0 Å². The summed E-state index contributed by atoms with van der Waals surface area (Å²) >= 11 is 5.68. The first-order valence-corrected chi connectivity index (χ1v) is 14.3. The van der Waals surface area contributed by atoms with Crippen LogP contribution in [0.2, 0.25) is 5.15 Å². The predicted molar refractivity (Wildman–Crippen MR) is 154 cm³/mol. The Hall–Kier alpha value is -4.81. The Labute approximate surface area is 240 Å². The lowest BCUT2D eigenvalue weighted by atomic mass is 10.1. The summed E-state index contributed by atoms with van der Waals surface area (Å²) in [6, 6.07) is 22.6. The van der Waals surface area contributed by atoms with Gasteiger partial charge in [0.05, 0.1) is 21.5 Å². The van der Waals surface area contributed by atoms with Crippen LogP contribution in [0.5, 0.6) is 0 Å². The highest BCUT2D eigenvalue weighted by Crippen LogP contribution is 2.25. The van der Waals surface area contributed by atoms with Gasteiger partial charge in [-0.25, -0.2) is 18.2 Å². The number of carbonyl (C=O) groups is 2. The van der Waals surface area contributed by atoms with Crippen molar-refractivity contribution in [2.24, 2.45) is 0 Å². The van der Waals surface area contributed by atoms with Gasteiger partial charge in [-0.3, -0.25) is 9.52 Å². The molecule has 2 heterocycles. The third-order valence-electron chi connectivity index (χ3n) is 6.01. The van der Waals surface area contributed by atoms with Crippen molar-refractivity contribution < 1.29 is 22.7 Å². The van der Waals surface area contributed by atoms with E-state index >= 15 is 0 Å². The number of amides is 1. The van der Waals surface area contributed by atoms with E-state index in [9.17, 15) is 18.0 Å². The highest BCUT2D eigenvalue weighted by Gasteiger charge is 2.25. The second-order valence-corrected chi connectivity index (χ2v) is 10.9. The molecule has 208 valence electrons. The molecule has 0 saturated carbocycles. The molecule has 5 aromatic rings. The largest absolute Gasteiger partial charge is 0.449 e. The molecule has 41 heavy (non-hydrogen) atoms. The van der Waals surface area contributed by atoms with Crippen LogP contribution in [0.1, 0.15) is 23.7 Å². The van der Waals surface area contributed by atoms with E-state index in [2.05, 4.69) is 30.2 Å². The van der Waals surface area contributed by atoms with Gasteiger partial charge < -0.3 is 15.0 Å². The third-order valence-corrected chi connectivity index (χ3v) is 7.58. The van der Waals surface area contributed by atoms with Crippen LogP contribution in [0, 0.1) is 0 Å². The molecule has 5 rings (SSSR count). The van der Waals surface area contributed by atoms with Crippen molar-refractivity contribution in [2.45, 2.75) is 24.3 Å². The minimum absolute atomic E-state index is 0.00118. The molecule has 13 heteroatoms. The van der Waals surface area contributed by atoms with E-state index in [-0.39, 0.29) is 27.9 Å². The van der Waals surface area contributed by atoms with Crippen LogP contribution < -0.4 is 10.0 Å². The van der Waals surface area contributed by atoms with E-state index in [1.807, 2.05) is 24.3 Å². The zero-order valence-electron chi connectivity index (χ0n) is 21.5. The molecular formula is C28H23ClN6O5S. The number of hydrogen-bond acceptors (Lipinski definition) is 8. The van der Waals surface area contributed by atoms with Gasteiger partial charge in [-0.05, 0) is 61.0 Å². The fourth-order valence-corrected chi connectivity index (χ4v) is 5.07. The van der Waals surface area contributed by atoms with E-state index in [4.69, 9.17) is 16.3 Å². The molecule has 3 N–H and O–H groups in total. The van der Waals surface area contributed by atoms with Crippen LogP contribution in [-0.4, -0.2) is 46.6 Å². The minimum Gasteiger partial charge on any atom is -0.449 e. The Kier molecular flexibility index (Phi) is 7.95. The lowest BCUT2D eigenvalue weighted by molar-refractivity contribution is -0.124. The number of carbonyl (C=O) groups excluding carboxylic acids is 2. The first-order valence-electron chi connectivity index (χ1n) is 12.4. The summed E-state index contributed by atoms with van der Waals surface area (Å²) in [5.74, 6) is -0.738. The molecule has 0 aliphatic rings. The molecule has 0 saturated heterocycles. The van der Waals surface area contributed by atoms with E-state index in [1.54, 1.807) is 31.2 Å². The molecular weight excluding hydrogens is 568 g/mol. The molecule has 11 nitrogen and oxygen atoms in total. The zero-order valence-corrected chi connectivity index (χ0v) is 23.1. The first kappa shape index (κ1) is 27.7. The second kappa shape index (κ2) is 11.7. The van der Waals surface area contributed by atoms with Crippen molar-refractivity contribution in [2.75, 3.05) is 10.0 Å². The van der Waals surface area contributed by atoms with Gasteiger partial charge in [-0.1, -0.05) is 48.9 Å². The first-order chi connectivity index (χ1) is 19.7. The molecule has 0 spiro atoms. The van der Waals surface area contributed by atoms with Crippen LogP contribution in [-0.2, 0) is 19.6 Å². The van der Waals surface area contributed by atoms with Gasteiger partial charge in [0.1, 0.15) is 5.82 Å². The Balaban J connectivity index is 1.26. The molecule has 3 aromatic carbocycles. The van der Waals surface area contributed by atoms with Gasteiger partial charge in [0.15, 0.2) is 17.1 Å². The second-order valence-electron chi connectivity index (χ2n) is 8.81. The Bertz CT molecular complexity index is 1790. The van der Waals surface area contributed by atoms with Crippen molar-refractivity contribution >= 4 is 56.0 Å². The Morgan fingerprint density at radius 2 is 1.68 bits per heavy atom. The number of nitrogens with one attached hydrogen (secondary N) is 3. The SMILES string of the molecule is CCC(OC(=O)c1ccccc1-c1nc2ccccc2[nH]1)C(=O)Nc1ccc(S(=O)(=O)Nc2ccc(Cl)nn2)cc1. The summed E-state index contributed by atoms with van der Waals surface area (Å²) in [6.45, 7) is 1.71. The van der Waals surface area contributed by atoms with Crippen LogP contribution in [0.15, 0.2) is 89.8 Å². The lowest BCUT2D eigenvalue weighted by Gasteiger charge is -2.17. The number of imidazole rings is 1. The number of halogens is 1. The number of anilines is 2. The van der Waals surface area contributed by atoms with Crippen LogP contribution >= 0.6 is 11.6 Å². The highest BCUT2D eigenvalue weighted by atomic mass is 35.5. The summed E-state index contributed by atoms with van der Waals surface area (Å²) in [7, 11) is -3.96. The van der Waals surface area contributed by atoms with Crippen molar-refractivity contribution in [3.05, 3.63) is 95.6 Å². The maximum Gasteiger partial charge on any atom is 0.339 e. The highest BCUT2D eigenvalue weighted by molar-refractivity contribution is 7.92. The van der Waals surface area contributed by atoms with E-state index in [1.165, 1.54) is 36.4 Å². The van der Waals surface area contributed by atoms with E-state index in [0.29, 0.717) is 17.1 Å². The summed E-state index contributed by atoms with van der Waals surface area (Å²) in [4.78, 5) is 33.8. The molecule has 1 amide bonds. The normalized spacial score (nSPS) is 12.0. The number of ether oxygens (including phenoxy) is 1. The number of sulfonamides is 1. The number of benzene rings is 3. The number of H-pyrrole nitrogens is 1. The van der Waals surface area contributed by atoms with Crippen molar-refractivity contribution in [1.82, 2.24) is 20.2 Å². The van der Waals surface area contributed by atoms with Gasteiger partial charge in [-0.15, -0.1) is 10.2 Å². The quantitative estimate of drug-likeness (QED) is 0.201. The molecule has 0 fully saturated rings. The van der Waals surface area contributed by atoms with Crippen LogP contribution in [0.4, 0.5) is 11.5 Å². The topological polar surface area (TPSA) is 156 Å². The monoisotopic (exact) mass is 590 g/mol. The average molecular weight is 591 g/mol. The van der Waals surface area contributed by atoms with Gasteiger partial charge in [-0.2, -0.15) is 0 Å². The Morgan fingerprint density at radius 3 is 2.39 bits per heavy atom. The number of fused-ring (bicyclic) bond motifs is 1. The third kappa shape index (κ3) is 6.34. The Morgan fingerprint density at radius 1 is 0.951 bits per heavy atom. The summed E-state index contributed by atoms with van der Waals surface area (Å²) < 4.78 is 33.2. The number of rotatable bonds is 9. The number of aromatic nitrogens is 4. The van der Waals surface area contributed by atoms with Crippen molar-refractivity contribution in [3.8, 4) is 11.4 Å². The zero-order chi connectivity index (χ0) is 29.0. The number of aromatic amines is 1. The predicted octanol–water partition coefficient (Wildman–Crippen LogP) is 5.05. The molecule has 1 atom stereocenters. The number of esters is 1. The number of para-hydroxylation sites is 2. The number of hydrogen-bond donors (Lipinski definition) is 3. The molecule has 0 radical (unpaired) electrons. The molecule has 0 aliphatic carbocycles. The molecule has 1 unspecified atom stereocenters. The standard InChI is InChI=1S/C28H23ClN6O5S/c1-2-23(40-28(37)20-8-4-3-7-19(20)26-31-21-9-5-6-10-22(21)32-26)27(36)30-17-11-13-18(14-12-17)41(38,39)35-25-16-15-24(29)33-34-25/h3-16,23H,2H2,1H3,(H,30,36)(H,31,32)(H,34,35). The maximum absolute atomic E-state index is 13.2. The molecule has 2 aromatic heterocycles. The molecule has 0 aliphatic heterocycles. The lowest BCUT2D eigenvalue weighted by Crippen LogP contribution is -2.32. The van der Waals surface area contributed by atoms with Crippen LogP contribution in [0.25, 0.3) is 22.4 Å². The average Bonchev–Trinajstić information content (AvgIpc) is 3.41. The van der Waals surface area contributed by atoms with Crippen molar-refractivity contribution in [3.63, 3.8) is 0 Å².